The van der Waals surface area contributed by atoms with Gasteiger partial charge in [0.05, 0.1) is 5.41 Å². The van der Waals surface area contributed by atoms with Crippen LogP contribution in [0.2, 0.25) is 0 Å². The maximum atomic E-state index is 11.5. The van der Waals surface area contributed by atoms with E-state index in [0.29, 0.717) is 0 Å². The molecule has 1 saturated heterocycles. The van der Waals surface area contributed by atoms with Crippen LogP contribution in [0, 0.1) is 5.41 Å². The Kier molecular flexibility index (Phi) is 6.12. The maximum Gasteiger partial charge on any atom is 0.309 e. The molecule has 0 aromatic heterocycles. The Morgan fingerprint density at radius 2 is 1.95 bits per heavy atom. The van der Waals surface area contributed by atoms with E-state index in [4.69, 9.17) is 0 Å². The highest BCUT2D eigenvalue weighted by molar-refractivity contribution is 7.99. The summed E-state index contributed by atoms with van der Waals surface area (Å²) in [4.78, 5) is 15.3. The molecule has 0 unspecified atom stereocenters. The van der Waals surface area contributed by atoms with Gasteiger partial charge in [-0.25, -0.2) is 0 Å². The summed E-state index contributed by atoms with van der Waals surface area (Å²) in [5, 5.41) is 9.51. The van der Waals surface area contributed by atoms with Crippen molar-refractivity contribution in [2.24, 2.45) is 5.41 Å². The van der Waals surface area contributed by atoms with Gasteiger partial charge >= 0.3 is 5.97 Å². The summed E-state index contributed by atoms with van der Waals surface area (Å²) in [7, 11) is 0. The van der Waals surface area contributed by atoms with E-state index in [1.165, 1.54) is 4.90 Å². The Morgan fingerprint density at radius 3 is 2.52 bits per heavy atom. The van der Waals surface area contributed by atoms with E-state index in [1.807, 2.05) is 17.8 Å². The van der Waals surface area contributed by atoms with Crippen LogP contribution >= 0.6 is 11.8 Å². The summed E-state index contributed by atoms with van der Waals surface area (Å²) in [6, 6.07) is 10.4. The molecule has 1 aliphatic rings. The summed E-state index contributed by atoms with van der Waals surface area (Å²) in [5.74, 6) is 0.473. The van der Waals surface area contributed by atoms with Crippen molar-refractivity contribution in [2.75, 3.05) is 25.4 Å². The van der Waals surface area contributed by atoms with Gasteiger partial charge in [-0.2, -0.15) is 0 Å². The Hall–Kier alpha value is -1.00. The smallest absolute Gasteiger partial charge is 0.309 e. The van der Waals surface area contributed by atoms with E-state index >= 15 is 0 Å². The van der Waals surface area contributed by atoms with Crippen LogP contribution in [0.3, 0.4) is 0 Å². The van der Waals surface area contributed by atoms with Crippen molar-refractivity contribution < 1.29 is 9.90 Å². The van der Waals surface area contributed by atoms with Gasteiger partial charge in [0.2, 0.25) is 0 Å². The van der Waals surface area contributed by atoms with Crippen LogP contribution in [0.15, 0.2) is 35.2 Å². The molecule has 0 atom stereocenters. The van der Waals surface area contributed by atoms with Crippen LogP contribution in [0.25, 0.3) is 0 Å². The largest absolute Gasteiger partial charge is 0.481 e. The average Bonchev–Trinajstić information content (AvgIpc) is 2.50. The molecule has 0 amide bonds. The minimum absolute atomic E-state index is 0.460. The predicted molar refractivity (Wildman–Crippen MR) is 87.8 cm³/mol. The molecule has 0 aliphatic carbocycles. The molecule has 1 aromatic carbocycles. The molecule has 0 saturated carbocycles. The zero-order valence-corrected chi connectivity index (χ0v) is 13.6. The number of rotatable bonds is 7. The fraction of sp³-hybridized carbons (Fsp3) is 0.588. The van der Waals surface area contributed by atoms with Crippen molar-refractivity contribution in [2.45, 2.75) is 37.5 Å². The lowest BCUT2D eigenvalue weighted by Gasteiger charge is -2.38. The summed E-state index contributed by atoms with van der Waals surface area (Å²) < 4.78 is 0. The van der Waals surface area contributed by atoms with Gasteiger partial charge in [0.25, 0.3) is 0 Å². The van der Waals surface area contributed by atoms with Gasteiger partial charge in [0.15, 0.2) is 0 Å². The Labute approximate surface area is 131 Å². The van der Waals surface area contributed by atoms with Crippen molar-refractivity contribution in [3.8, 4) is 0 Å². The minimum Gasteiger partial charge on any atom is -0.481 e. The summed E-state index contributed by atoms with van der Waals surface area (Å²) in [6.45, 7) is 4.96. The Bertz CT molecular complexity index is 441. The molecule has 0 spiro atoms. The maximum absolute atomic E-state index is 11.5. The van der Waals surface area contributed by atoms with Gasteiger partial charge in [0.1, 0.15) is 0 Å². The molecule has 1 aromatic rings. The lowest BCUT2D eigenvalue weighted by molar-refractivity contribution is -0.152. The molecule has 0 bridgehead atoms. The fourth-order valence-corrected chi connectivity index (χ4v) is 4.00. The highest BCUT2D eigenvalue weighted by atomic mass is 32.2. The van der Waals surface area contributed by atoms with Gasteiger partial charge < -0.3 is 10.0 Å². The standard InChI is InChI=1S/C17H25NO2S/c1-2-8-17(16(19)20)9-11-18(12-10-17)13-14-21-15-6-4-3-5-7-15/h3-7H,2,8-14H2,1H3,(H,19,20). The third-order valence-electron chi connectivity index (χ3n) is 4.41. The monoisotopic (exact) mass is 307 g/mol. The first kappa shape index (κ1) is 16.4. The number of carboxylic acids is 1. The summed E-state index contributed by atoms with van der Waals surface area (Å²) in [6.07, 6.45) is 3.36. The number of carboxylic acid groups (broad SMARTS) is 1. The van der Waals surface area contributed by atoms with E-state index in [2.05, 4.69) is 36.1 Å². The van der Waals surface area contributed by atoms with E-state index in [-0.39, 0.29) is 0 Å². The van der Waals surface area contributed by atoms with Crippen LogP contribution < -0.4 is 0 Å². The third-order valence-corrected chi connectivity index (χ3v) is 5.41. The van der Waals surface area contributed by atoms with Crippen molar-refractivity contribution in [1.29, 1.82) is 0 Å². The van der Waals surface area contributed by atoms with Crippen molar-refractivity contribution >= 4 is 17.7 Å². The molecule has 116 valence electrons. The Morgan fingerprint density at radius 1 is 1.29 bits per heavy atom. The predicted octanol–water partition coefficient (Wildman–Crippen LogP) is 3.75. The fourth-order valence-electron chi connectivity index (χ4n) is 3.06. The number of nitrogens with zero attached hydrogens (tertiary/aromatic N) is 1. The topological polar surface area (TPSA) is 40.5 Å². The van der Waals surface area contributed by atoms with E-state index in [1.54, 1.807) is 0 Å². The Balaban J connectivity index is 1.75. The lowest BCUT2D eigenvalue weighted by atomic mass is 9.75. The molecule has 1 aliphatic heterocycles. The van der Waals surface area contributed by atoms with Gasteiger partial charge in [-0.1, -0.05) is 31.5 Å². The van der Waals surface area contributed by atoms with Gasteiger partial charge in [0, 0.05) is 17.2 Å². The number of carbonyl (C=O) groups is 1. The molecular weight excluding hydrogens is 282 g/mol. The number of aliphatic carboxylic acids is 1. The molecule has 4 heteroatoms. The van der Waals surface area contributed by atoms with Gasteiger partial charge in [-0.15, -0.1) is 11.8 Å². The molecule has 21 heavy (non-hydrogen) atoms. The first-order chi connectivity index (χ1) is 10.2. The minimum atomic E-state index is -0.595. The summed E-state index contributed by atoms with van der Waals surface area (Å²) >= 11 is 1.87. The van der Waals surface area contributed by atoms with E-state index in [9.17, 15) is 9.90 Å². The number of hydrogen-bond acceptors (Lipinski definition) is 3. The van der Waals surface area contributed by atoms with Crippen LogP contribution in [0.5, 0.6) is 0 Å². The molecule has 1 N–H and O–H groups in total. The van der Waals surface area contributed by atoms with Crippen LogP contribution in [0.4, 0.5) is 0 Å². The number of benzene rings is 1. The number of hydrogen-bond donors (Lipinski definition) is 1. The molecule has 1 heterocycles. The molecule has 2 rings (SSSR count). The normalized spacial score (nSPS) is 18.5. The molecule has 3 nitrogen and oxygen atoms in total. The number of piperidine rings is 1. The second-order valence-corrected chi connectivity index (χ2v) is 7.01. The number of thioether (sulfide) groups is 1. The second kappa shape index (κ2) is 7.85. The molecule has 0 radical (unpaired) electrons. The first-order valence-corrected chi connectivity index (χ1v) is 8.78. The quantitative estimate of drug-likeness (QED) is 0.779. The second-order valence-electron chi connectivity index (χ2n) is 5.84. The van der Waals surface area contributed by atoms with Crippen molar-refractivity contribution in [1.82, 2.24) is 4.90 Å². The third kappa shape index (κ3) is 4.48. The summed E-state index contributed by atoms with van der Waals surface area (Å²) in [5.41, 5.74) is -0.460. The average molecular weight is 307 g/mol. The molecule has 1 fully saturated rings. The molecular formula is C17H25NO2S. The van der Waals surface area contributed by atoms with Gasteiger partial charge in [-0.05, 0) is 44.5 Å². The highest BCUT2D eigenvalue weighted by Gasteiger charge is 2.40. The zero-order chi connectivity index (χ0) is 15.1. The number of likely N-dealkylation sites (tertiary alicyclic amines) is 1. The zero-order valence-electron chi connectivity index (χ0n) is 12.8. The lowest BCUT2D eigenvalue weighted by Crippen LogP contribution is -2.44. The van der Waals surface area contributed by atoms with Crippen molar-refractivity contribution in [3.05, 3.63) is 30.3 Å². The van der Waals surface area contributed by atoms with E-state index in [0.717, 1.165) is 51.1 Å². The first-order valence-electron chi connectivity index (χ1n) is 7.80. The van der Waals surface area contributed by atoms with Crippen molar-refractivity contribution in [3.63, 3.8) is 0 Å². The SMILES string of the molecule is CCCC1(C(=O)O)CCN(CCSc2ccccc2)CC1. The highest BCUT2D eigenvalue weighted by Crippen LogP contribution is 2.36. The van der Waals surface area contributed by atoms with Gasteiger partial charge in [-0.3, -0.25) is 4.79 Å². The van der Waals surface area contributed by atoms with Crippen LogP contribution in [-0.2, 0) is 4.79 Å². The van der Waals surface area contributed by atoms with Crippen LogP contribution in [0.1, 0.15) is 32.6 Å². The van der Waals surface area contributed by atoms with E-state index < -0.39 is 11.4 Å². The van der Waals surface area contributed by atoms with Crippen LogP contribution in [-0.4, -0.2) is 41.4 Å².